The van der Waals surface area contributed by atoms with Gasteiger partial charge in [-0.25, -0.2) is 9.97 Å². The summed E-state index contributed by atoms with van der Waals surface area (Å²) in [4.78, 5) is 36.2. The smallest absolute Gasteiger partial charge is 0.272 e. The van der Waals surface area contributed by atoms with Gasteiger partial charge in [-0.2, -0.15) is 0 Å². The van der Waals surface area contributed by atoms with E-state index < -0.39 is 0 Å². The molecule has 1 amide bonds. The molecule has 35 heavy (non-hydrogen) atoms. The molecule has 176 valence electrons. The number of hydrogen-bond donors (Lipinski definition) is 1. The zero-order chi connectivity index (χ0) is 24.2. The minimum atomic E-state index is -0.108. The molecule has 0 saturated carbocycles. The van der Waals surface area contributed by atoms with E-state index in [0.717, 1.165) is 27.8 Å². The Morgan fingerprint density at radius 3 is 2.54 bits per heavy atom. The molecule has 5 rings (SSSR count). The zero-order valence-corrected chi connectivity index (χ0v) is 20.9. The maximum Gasteiger partial charge on any atom is 0.272 e. The summed E-state index contributed by atoms with van der Waals surface area (Å²) < 4.78 is 2.26. The van der Waals surface area contributed by atoms with Gasteiger partial charge in [0, 0.05) is 18.1 Å². The first-order valence-electron chi connectivity index (χ1n) is 11.4. The monoisotopic (exact) mass is 500 g/mol. The van der Waals surface area contributed by atoms with Gasteiger partial charge in [-0.05, 0) is 35.2 Å². The lowest BCUT2D eigenvalue weighted by Gasteiger charge is -2.13. The number of rotatable bonds is 8. The van der Waals surface area contributed by atoms with E-state index in [1.165, 1.54) is 28.7 Å². The summed E-state index contributed by atoms with van der Waals surface area (Å²) in [6.45, 7) is 2.97. The Morgan fingerprint density at radius 1 is 1.00 bits per heavy atom. The molecule has 1 N–H and O–H groups in total. The summed E-state index contributed by atoms with van der Waals surface area (Å²) in [5, 5.41) is 4.33. The lowest BCUT2D eigenvalue weighted by atomic mass is 10.1. The topological polar surface area (TPSA) is 76.9 Å². The number of carbonyl (C=O) groups excluding carboxylic acids is 1. The number of pyridine rings is 1. The van der Waals surface area contributed by atoms with Crippen LogP contribution in [0.4, 0.5) is 0 Å². The molecule has 3 heterocycles. The van der Waals surface area contributed by atoms with E-state index in [2.05, 4.69) is 29.4 Å². The lowest BCUT2D eigenvalue weighted by Crippen LogP contribution is -2.26. The van der Waals surface area contributed by atoms with Crippen molar-refractivity contribution in [3.8, 4) is 0 Å². The minimum absolute atomic E-state index is 0.107. The number of carbonyl (C=O) groups is 1. The number of nitrogens with zero attached hydrogens (tertiary/aromatic N) is 3. The highest BCUT2D eigenvalue weighted by Gasteiger charge is 2.18. The molecular weight excluding hydrogens is 476 g/mol. The van der Waals surface area contributed by atoms with Crippen molar-refractivity contribution in [2.75, 3.05) is 5.75 Å². The fraction of sp³-hybridized carbons (Fsp3) is 0.185. The Balaban J connectivity index is 1.45. The molecule has 0 atom stereocenters. The molecule has 0 fully saturated rings. The average molecular weight is 501 g/mol. The summed E-state index contributed by atoms with van der Waals surface area (Å²) >= 11 is 2.64. The van der Waals surface area contributed by atoms with Gasteiger partial charge in [0.05, 0.1) is 17.8 Å². The maximum absolute atomic E-state index is 13.6. The molecule has 5 aromatic rings. The highest BCUT2D eigenvalue weighted by molar-refractivity contribution is 7.99. The molecule has 0 unspecified atom stereocenters. The van der Waals surface area contributed by atoms with Gasteiger partial charge < -0.3 is 5.32 Å². The molecule has 0 aliphatic rings. The van der Waals surface area contributed by atoms with Gasteiger partial charge in [-0.3, -0.25) is 14.2 Å². The number of nitrogens with one attached hydrogen (secondary N) is 1. The van der Waals surface area contributed by atoms with E-state index in [-0.39, 0.29) is 17.2 Å². The van der Waals surface area contributed by atoms with Crippen molar-refractivity contribution in [3.63, 3.8) is 0 Å². The number of fused-ring (bicyclic) bond motifs is 3. The number of amides is 1. The Bertz CT molecular complexity index is 1540. The van der Waals surface area contributed by atoms with Crippen LogP contribution in [0.15, 0.2) is 82.9 Å². The number of aryl methyl sites for hydroxylation is 1. The van der Waals surface area contributed by atoms with Crippen molar-refractivity contribution in [2.24, 2.45) is 0 Å². The number of benzene rings is 2. The summed E-state index contributed by atoms with van der Waals surface area (Å²) in [5.74, 6) is 0.0590. The molecular formula is C27H24N4O2S2. The first kappa shape index (κ1) is 23.3. The first-order valence-corrected chi connectivity index (χ1v) is 13.2. The van der Waals surface area contributed by atoms with E-state index >= 15 is 0 Å². The number of thiophene rings is 1. The first-order chi connectivity index (χ1) is 17.1. The van der Waals surface area contributed by atoms with Crippen molar-refractivity contribution in [2.45, 2.75) is 31.6 Å². The Hall–Kier alpha value is -3.49. The highest BCUT2D eigenvalue weighted by Crippen LogP contribution is 2.30. The minimum Gasteiger partial charge on any atom is -0.351 e. The fourth-order valence-corrected chi connectivity index (χ4v) is 5.68. The van der Waals surface area contributed by atoms with Crippen LogP contribution in [0.1, 0.15) is 23.6 Å². The van der Waals surface area contributed by atoms with E-state index in [1.54, 1.807) is 10.8 Å². The van der Waals surface area contributed by atoms with Crippen LogP contribution in [0.25, 0.3) is 20.4 Å². The predicted molar refractivity (Wildman–Crippen MR) is 143 cm³/mol. The predicted octanol–water partition coefficient (Wildman–Crippen LogP) is 5.03. The van der Waals surface area contributed by atoms with Gasteiger partial charge in [-0.1, -0.05) is 73.3 Å². The van der Waals surface area contributed by atoms with Crippen molar-refractivity contribution in [1.82, 2.24) is 19.9 Å². The molecule has 0 bridgehead atoms. The van der Waals surface area contributed by atoms with Gasteiger partial charge in [0.1, 0.15) is 9.53 Å². The standard InChI is InChI=1S/C27H24N4O2S2/c1-2-18-10-12-20(13-11-18)16-31-26(33)24-23(21-9-6-14-28-25(21)35-24)30-27(31)34-17-22(32)29-15-19-7-4-3-5-8-19/h3-14H,2,15-17H2,1H3,(H,29,32). The molecule has 0 radical (unpaired) electrons. The quantitative estimate of drug-likeness (QED) is 0.239. The molecule has 3 aromatic heterocycles. The second kappa shape index (κ2) is 10.4. The van der Waals surface area contributed by atoms with Crippen LogP contribution in [0.5, 0.6) is 0 Å². The summed E-state index contributed by atoms with van der Waals surface area (Å²) in [5.41, 5.74) is 3.84. The van der Waals surface area contributed by atoms with Gasteiger partial charge in [0.15, 0.2) is 5.16 Å². The normalized spacial score (nSPS) is 11.2. The van der Waals surface area contributed by atoms with Crippen molar-refractivity contribution >= 4 is 49.4 Å². The van der Waals surface area contributed by atoms with Gasteiger partial charge in [0.25, 0.3) is 5.56 Å². The largest absolute Gasteiger partial charge is 0.351 e. The molecule has 0 spiro atoms. The summed E-state index contributed by atoms with van der Waals surface area (Å²) in [7, 11) is 0. The Morgan fingerprint density at radius 2 is 1.77 bits per heavy atom. The van der Waals surface area contributed by atoms with E-state index in [0.29, 0.717) is 28.5 Å². The van der Waals surface area contributed by atoms with E-state index in [4.69, 9.17) is 4.98 Å². The lowest BCUT2D eigenvalue weighted by molar-refractivity contribution is -0.118. The highest BCUT2D eigenvalue weighted by atomic mass is 32.2. The van der Waals surface area contributed by atoms with Crippen molar-refractivity contribution in [1.29, 1.82) is 0 Å². The fourth-order valence-electron chi connectivity index (χ4n) is 3.83. The summed E-state index contributed by atoms with van der Waals surface area (Å²) in [6, 6.07) is 21.8. The van der Waals surface area contributed by atoms with E-state index in [9.17, 15) is 9.59 Å². The van der Waals surface area contributed by atoms with Crippen LogP contribution in [-0.2, 0) is 24.3 Å². The molecule has 0 saturated heterocycles. The average Bonchev–Trinajstić information content (AvgIpc) is 3.28. The van der Waals surface area contributed by atoms with Crippen molar-refractivity contribution < 1.29 is 4.79 Å². The molecule has 6 nitrogen and oxygen atoms in total. The third-order valence-corrected chi connectivity index (χ3v) is 7.82. The van der Waals surface area contributed by atoms with Crippen molar-refractivity contribution in [3.05, 3.63) is 100.0 Å². The number of hydrogen-bond acceptors (Lipinski definition) is 6. The summed E-state index contributed by atoms with van der Waals surface area (Å²) in [6.07, 6.45) is 2.68. The van der Waals surface area contributed by atoms with Gasteiger partial charge in [0.2, 0.25) is 5.91 Å². The van der Waals surface area contributed by atoms with Gasteiger partial charge in [-0.15, -0.1) is 11.3 Å². The zero-order valence-electron chi connectivity index (χ0n) is 19.2. The Labute approximate surface area is 211 Å². The Kier molecular flexibility index (Phi) is 6.92. The van der Waals surface area contributed by atoms with E-state index in [1.807, 2.05) is 54.6 Å². The molecule has 0 aliphatic heterocycles. The van der Waals surface area contributed by atoms with Crippen LogP contribution in [0.3, 0.4) is 0 Å². The van der Waals surface area contributed by atoms with Gasteiger partial charge >= 0.3 is 0 Å². The third kappa shape index (κ3) is 5.13. The molecule has 8 heteroatoms. The van der Waals surface area contributed by atoms with Crippen LogP contribution < -0.4 is 10.9 Å². The number of thioether (sulfide) groups is 1. The van der Waals surface area contributed by atoms with Crippen LogP contribution in [-0.4, -0.2) is 26.2 Å². The van der Waals surface area contributed by atoms with Crippen LogP contribution in [0.2, 0.25) is 0 Å². The second-order valence-electron chi connectivity index (χ2n) is 8.14. The number of aromatic nitrogens is 3. The SMILES string of the molecule is CCc1ccc(Cn2c(SCC(=O)NCc3ccccc3)nc3c(sc4ncccc43)c2=O)cc1. The molecule has 2 aromatic carbocycles. The third-order valence-electron chi connectivity index (χ3n) is 5.75. The van der Waals surface area contributed by atoms with Crippen LogP contribution >= 0.6 is 23.1 Å². The maximum atomic E-state index is 13.6. The van der Waals surface area contributed by atoms with Crippen LogP contribution in [0, 0.1) is 0 Å². The second-order valence-corrected chi connectivity index (χ2v) is 10.1. The molecule has 0 aliphatic carbocycles.